The Morgan fingerprint density at radius 1 is 1.17 bits per heavy atom. The van der Waals surface area contributed by atoms with E-state index in [1.807, 2.05) is 0 Å². The van der Waals surface area contributed by atoms with Gasteiger partial charge >= 0.3 is 12.0 Å². The number of halogens is 1. The largest absolute Gasteiger partial charge is 0.452 e. The van der Waals surface area contributed by atoms with Crippen molar-refractivity contribution < 1.29 is 19.1 Å². The number of carbonyl (C=O) groups is 3. The van der Waals surface area contributed by atoms with Crippen molar-refractivity contribution in [3.8, 4) is 0 Å². The predicted octanol–water partition coefficient (Wildman–Crippen LogP) is 2.66. The van der Waals surface area contributed by atoms with Gasteiger partial charge in [-0.05, 0) is 36.6 Å². The van der Waals surface area contributed by atoms with Gasteiger partial charge in [0, 0.05) is 17.1 Å². The molecule has 6 nitrogen and oxygen atoms in total. The minimum absolute atomic E-state index is 0.114. The lowest BCUT2D eigenvalue weighted by Crippen LogP contribution is -2.44. The van der Waals surface area contributed by atoms with E-state index in [2.05, 4.69) is 10.6 Å². The number of rotatable bonds is 5. The Hall–Kier alpha value is -2.34. The molecule has 0 aliphatic heterocycles. The van der Waals surface area contributed by atoms with Crippen LogP contribution in [0.3, 0.4) is 0 Å². The topological polar surface area (TPSA) is 84.5 Å². The second kappa shape index (κ2) is 9.08. The number of ether oxygens (including phenoxy) is 1. The maximum absolute atomic E-state index is 11.6. The molecule has 2 N–H and O–H groups in total. The van der Waals surface area contributed by atoms with E-state index in [0.29, 0.717) is 5.02 Å². The molecule has 1 aliphatic carbocycles. The van der Waals surface area contributed by atoms with Crippen LogP contribution in [0.15, 0.2) is 30.3 Å². The highest BCUT2D eigenvalue weighted by atomic mass is 35.5. The minimum atomic E-state index is -0.670. The summed E-state index contributed by atoms with van der Waals surface area (Å²) < 4.78 is 4.78. The lowest BCUT2D eigenvalue weighted by atomic mass is 10.2. The number of hydrogen-bond donors (Lipinski definition) is 2. The third-order valence-electron chi connectivity index (χ3n) is 3.57. The maximum Gasteiger partial charge on any atom is 0.331 e. The van der Waals surface area contributed by atoms with Crippen LogP contribution in [0.1, 0.15) is 31.2 Å². The third kappa shape index (κ3) is 6.42. The molecular formula is C17H19ClN2O4. The van der Waals surface area contributed by atoms with Crippen LogP contribution in [0.5, 0.6) is 0 Å². The Kier molecular flexibility index (Phi) is 6.81. The monoisotopic (exact) mass is 350 g/mol. The molecule has 7 heteroatoms. The van der Waals surface area contributed by atoms with Crippen LogP contribution < -0.4 is 10.6 Å². The molecule has 0 unspecified atom stereocenters. The van der Waals surface area contributed by atoms with Crippen molar-refractivity contribution in [3.63, 3.8) is 0 Å². The number of urea groups is 1. The van der Waals surface area contributed by atoms with Gasteiger partial charge in [0.15, 0.2) is 6.61 Å². The molecule has 0 spiro atoms. The van der Waals surface area contributed by atoms with E-state index < -0.39 is 24.5 Å². The third-order valence-corrected chi connectivity index (χ3v) is 3.82. The maximum atomic E-state index is 11.6. The molecule has 0 aromatic heterocycles. The molecule has 1 fully saturated rings. The lowest BCUT2D eigenvalue weighted by molar-refractivity contribution is -0.143. The Labute approximate surface area is 145 Å². The SMILES string of the molecule is O=C(COC(=O)/C=C/c1ccc(Cl)cc1)NC(=O)NC1CCCC1. The summed E-state index contributed by atoms with van der Waals surface area (Å²) in [5, 5.41) is 5.45. The quantitative estimate of drug-likeness (QED) is 0.631. The number of hydrogen-bond acceptors (Lipinski definition) is 4. The van der Waals surface area contributed by atoms with Gasteiger partial charge in [-0.2, -0.15) is 0 Å². The Bertz CT molecular complexity index is 622. The summed E-state index contributed by atoms with van der Waals surface area (Å²) in [6.45, 7) is -0.512. The van der Waals surface area contributed by atoms with Crippen molar-refractivity contribution in [1.82, 2.24) is 10.6 Å². The molecule has 1 aromatic rings. The molecule has 0 radical (unpaired) electrons. The standard InChI is InChI=1S/C17H19ClN2O4/c18-13-8-5-12(6-9-13)7-10-16(22)24-11-15(21)20-17(23)19-14-3-1-2-4-14/h5-10,14H,1-4,11H2,(H2,19,20,21,23)/b10-7+. The molecule has 0 atom stereocenters. The number of imide groups is 1. The molecule has 0 saturated heterocycles. The highest BCUT2D eigenvalue weighted by Gasteiger charge is 2.18. The average molecular weight is 351 g/mol. The second-order valence-corrected chi connectivity index (χ2v) is 5.93. The summed E-state index contributed by atoms with van der Waals surface area (Å²) in [6, 6.07) is 6.44. The summed E-state index contributed by atoms with van der Waals surface area (Å²) >= 11 is 5.76. The van der Waals surface area contributed by atoms with Crippen LogP contribution in [-0.2, 0) is 14.3 Å². The number of benzene rings is 1. The van der Waals surface area contributed by atoms with E-state index >= 15 is 0 Å². The number of carbonyl (C=O) groups excluding carboxylic acids is 3. The molecule has 0 heterocycles. The van der Waals surface area contributed by atoms with E-state index in [0.717, 1.165) is 31.2 Å². The van der Waals surface area contributed by atoms with Crippen molar-refractivity contribution in [2.45, 2.75) is 31.7 Å². The molecule has 3 amide bonds. The number of nitrogens with one attached hydrogen (secondary N) is 2. The first-order chi connectivity index (χ1) is 11.5. The van der Waals surface area contributed by atoms with E-state index in [4.69, 9.17) is 16.3 Å². The van der Waals surface area contributed by atoms with Gasteiger partial charge < -0.3 is 10.1 Å². The summed E-state index contributed by atoms with van der Waals surface area (Å²) in [5.74, 6) is -1.34. The summed E-state index contributed by atoms with van der Waals surface area (Å²) in [6.07, 6.45) is 6.75. The first kappa shape index (κ1) is 18.0. The Morgan fingerprint density at radius 3 is 2.50 bits per heavy atom. The van der Waals surface area contributed by atoms with Crippen LogP contribution in [0, 0.1) is 0 Å². The zero-order chi connectivity index (χ0) is 17.4. The minimum Gasteiger partial charge on any atom is -0.452 e. The Balaban J connectivity index is 1.67. The molecule has 1 aromatic carbocycles. The number of amides is 3. The molecule has 128 valence electrons. The fourth-order valence-corrected chi connectivity index (χ4v) is 2.50. The van der Waals surface area contributed by atoms with Gasteiger partial charge in [0.05, 0.1) is 0 Å². The van der Waals surface area contributed by atoms with Crippen LogP contribution in [0.4, 0.5) is 4.79 Å². The smallest absolute Gasteiger partial charge is 0.331 e. The van der Waals surface area contributed by atoms with Crippen molar-refractivity contribution >= 4 is 35.6 Å². The first-order valence-corrected chi connectivity index (χ1v) is 8.11. The fraction of sp³-hybridized carbons (Fsp3) is 0.353. The van der Waals surface area contributed by atoms with E-state index in [1.54, 1.807) is 30.3 Å². The summed E-state index contributed by atoms with van der Waals surface area (Å²) in [4.78, 5) is 34.7. The second-order valence-electron chi connectivity index (χ2n) is 5.50. The van der Waals surface area contributed by atoms with Gasteiger partial charge in [0.1, 0.15) is 0 Å². The average Bonchev–Trinajstić information content (AvgIpc) is 3.05. The van der Waals surface area contributed by atoms with Crippen LogP contribution >= 0.6 is 11.6 Å². The Morgan fingerprint density at radius 2 is 1.83 bits per heavy atom. The normalized spacial score (nSPS) is 14.5. The molecule has 24 heavy (non-hydrogen) atoms. The van der Waals surface area contributed by atoms with Crippen LogP contribution in [-0.4, -0.2) is 30.6 Å². The van der Waals surface area contributed by atoms with Gasteiger partial charge in [0.2, 0.25) is 0 Å². The van der Waals surface area contributed by atoms with Gasteiger partial charge in [-0.25, -0.2) is 9.59 Å². The molecular weight excluding hydrogens is 332 g/mol. The lowest BCUT2D eigenvalue weighted by Gasteiger charge is -2.12. The zero-order valence-electron chi connectivity index (χ0n) is 13.1. The van der Waals surface area contributed by atoms with Crippen molar-refractivity contribution in [3.05, 3.63) is 40.9 Å². The van der Waals surface area contributed by atoms with Gasteiger partial charge in [-0.3, -0.25) is 10.1 Å². The van der Waals surface area contributed by atoms with E-state index in [9.17, 15) is 14.4 Å². The molecule has 1 saturated carbocycles. The molecule has 2 rings (SSSR count). The van der Waals surface area contributed by atoms with Gasteiger partial charge in [-0.1, -0.05) is 36.6 Å². The highest BCUT2D eigenvalue weighted by molar-refractivity contribution is 6.30. The molecule has 0 bridgehead atoms. The van der Waals surface area contributed by atoms with E-state index in [1.165, 1.54) is 6.08 Å². The van der Waals surface area contributed by atoms with Gasteiger partial charge in [0.25, 0.3) is 5.91 Å². The van der Waals surface area contributed by atoms with Crippen LogP contribution in [0.25, 0.3) is 6.08 Å². The van der Waals surface area contributed by atoms with Crippen molar-refractivity contribution in [2.75, 3.05) is 6.61 Å². The van der Waals surface area contributed by atoms with E-state index in [-0.39, 0.29) is 6.04 Å². The van der Waals surface area contributed by atoms with Crippen molar-refractivity contribution in [1.29, 1.82) is 0 Å². The van der Waals surface area contributed by atoms with Crippen molar-refractivity contribution in [2.24, 2.45) is 0 Å². The highest BCUT2D eigenvalue weighted by Crippen LogP contribution is 2.17. The zero-order valence-corrected chi connectivity index (χ0v) is 13.8. The van der Waals surface area contributed by atoms with Crippen LogP contribution in [0.2, 0.25) is 5.02 Å². The first-order valence-electron chi connectivity index (χ1n) is 7.73. The number of esters is 1. The summed E-state index contributed by atoms with van der Waals surface area (Å²) in [5.41, 5.74) is 0.775. The molecule has 1 aliphatic rings. The van der Waals surface area contributed by atoms with Gasteiger partial charge in [-0.15, -0.1) is 0 Å². The summed E-state index contributed by atoms with van der Waals surface area (Å²) in [7, 11) is 0. The predicted molar refractivity (Wildman–Crippen MR) is 90.4 cm³/mol. The fourth-order valence-electron chi connectivity index (χ4n) is 2.38.